The molecule has 2 rings (SSSR count). The van der Waals surface area contributed by atoms with E-state index in [-0.39, 0.29) is 17.7 Å². The van der Waals surface area contributed by atoms with Crippen LogP contribution in [-0.4, -0.2) is 5.97 Å². The molecule has 0 radical (unpaired) electrons. The van der Waals surface area contributed by atoms with Crippen LogP contribution >= 0.6 is 0 Å². The van der Waals surface area contributed by atoms with Crippen molar-refractivity contribution in [1.29, 1.82) is 5.26 Å². The van der Waals surface area contributed by atoms with Crippen molar-refractivity contribution in [2.24, 2.45) is 0 Å². The van der Waals surface area contributed by atoms with Gasteiger partial charge in [0.05, 0.1) is 11.6 Å². The number of hydrogen-bond donors (Lipinski definition) is 0. The van der Waals surface area contributed by atoms with E-state index in [1.54, 1.807) is 36.4 Å². The molecule has 0 N–H and O–H groups in total. The van der Waals surface area contributed by atoms with Crippen LogP contribution < -0.4 is 0 Å². The molecule has 3 nitrogen and oxygen atoms in total. The van der Waals surface area contributed by atoms with Crippen molar-refractivity contribution in [1.82, 2.24) is 0 Å². The van der Waals surface area contributed by atoms with Gasteiger partial charge >= 0.3 is 5.97 Å². The van der Waals surface area contributed by atoms with E-state index in [9.17, 15) is 13.6 Å². The third-order valence-electron chi connectivity index (χ3n) is 3.00. The molecule has 0 aromatic heterocycles. The fourth-order valence-electron chi connectivity index (χ4n) is 1.82. The normalized spacial score (nSPS) is 10.0. The Labute approximate surface area is 120 Å². The lowest BCUT2D eigenvalue weighted by molar-refractivity contribution is 0.0461. The summed E-state index contributed by atoms with van der Waals surface area (Å²) in [6.45, 7) is 1.22. The highest BCUT2D eigenvalue weighted by molar-refractivity contribution is 5.90. The minimum atomic E-state index is -1.10. The highest BCUT2D eigenvalue weighted by Crippen LogP contribution is 2.21. The van der Waals surface area contributed by atoms with Crippen molar-refractivity contribution in [2.75, 3.05) is 0 Å². The zero-order valence-electron chi connectivity index (χ0n) is 11.2. The van der Waals surface area contributed by atoms with E-state index in [1.165, 1.54) is 6.92 Å². The molecule has 5 heteroatoms. The molecular weight excluding hydrogens is 276 g/mol. The minimum Gasteiger partial charge on any atom is -0.457 e. The number of carbonyl (C=O) groups excluding carboxylic acids is 1. The Morgan fingerprint density at radius 3 is 2.57 bits per heavy atom. The maximum absolute atomic E-state index is 14.0. The zero-order chi connectivity index (χ0) is 15.4. The van der Waals surface area contributed by atoms with E-state index in [4.69, 9.17) is 10.00 Å². The molecule has 0 saturated carbocycles. The lowest BCUT2D eigenvalue weighted by Gasteiger charge is -2.09. The minimum absolute atomic E-state index is 0.0782. The van der Waals surface area contributed by atoms with Crippen LogP contribution in [0.5, 0.6) is 0 Å². The second-order valence-corrected chi connectivity index (χ2v) is 4.39. The zero-order valence-corrected chi connectivity index (χ0v) is 11.2. The average molecular weight is 287 g/mol. The summed E-state index contributed by atoms with van der Waals surface area (Å²) in [5, 5.41) is 8.75. The Morgan fingerprint density at radius 1 is 1.29 bits per heavy atom. The monoisotopic (exact) mass is 287 g/mol. The number of halogens is 2. The maximum Gasteiger partial charge on any atom is 0.344 e. The summed E-state index contributed by atoms with van der Waals surface area (Å²) in [6.07, 6.45) is 0. The molecule has 0 fully saturated rings. The van der Waals surface area contributed by atoms with Gasteiger partial charge in [0.1, 0.15) is 23.8 Å². The van der Waals surface area contributed by atoms with Crippen molar-refractivity contribution < 1.29 is 18.3 Å². The molecule has 0 saturated heterocycles. The molecule has 106 valence electrons. The van der Waals surface area contributed by atoms with Crippen molar-refractivity contribution >= 4 is 5.97 Å². The van der Waals surface area contributed by atoms with Gasteiger partial charge in [-0.15, -0.1) is 0 Å². The van der Waals surface area contributed by atoms with Gasteiger partial charge in [0.15, 0.2) is 0 Å². The van der Waals surface area contributed by atoms with Crippen LogP contribution in [0.3, 0.4) is 0 Å². The molecule has 0 bridgehead atoms. The van der Waals surface area contributed by atoms with Crippen LogP contribution in [0.15, 0.2) is 36.4 Å². The lowest BCUT2D eigenvalue weighted by atomic mass is 10.0. The number of rotatable bonds is 3. The summed E-state index contributed by atoms with van der Waals surface area (Å²) in [5.74, 6) is -3.27. The Morgan fingerprint density at radius 2 is 1.95 bits per heavy atom. The highest BCUT2D eigenvalue weighted by Gasteiger charge is 2.23. The van der Waals surface area contributed by atoms with Gasteiger partial charge in [-0.2, -0.15) is 5.26 Å². The number of hydrogen-bond acceptors (Lipinski definition) is 3. The quantitative estimate of drug-likeness (QED) is 0.812. The molecule has 0 aliphatic heterocycles. The largest absolute Gasteiger partial charge is 0.457 e. The van der Waals surface area contributed by atoms with Crippen molar-refractivity contribution in [2.45, 2.75) is 13.5 Å². The second-order valence-electron chi connectivity index (χ2n) is 4.39. The highest BCUT2D eigenvalue weighted by atomic mass is 19.1. The molecule has 2 aromatic rings. The molecule has 21 heavy (non-hydrogen) atoms. The smallest absolute Gasteiger partial charge is 0.344 e. The topological polar surface area (TPSA) is 50.1 Å². The van der Waals surface area contributed by atoms with Crippen LogP contribution in [-0.2, 0) is 11.3 Å². The van der Waals surface area contributed by atoms with Crippen LogP contribution in [0.2, 0.25) is 0 Å². The van der Waals surface area contributed by atoms with Gasteiger partial charge < -0.3 is 4.74 Å². The molecular formula is C16H11F2NO2. The predicted octanol–water partition coefficient (Wildman–Crippen LogP) is 3.50. The first kappa shape index (κ1) is 14.7. The third kappa shape index (κ3) is 3.06. The first-order valence-electron chi connectivity index (χ1n) is 6.14. The number of benzene rings is 2. The van der Waals surface area contributed by atoms with E-state index in [2.05, 4.69) is 0 Å². The molecule has 0 heterocycles. The first-order valence-corrected chi connectivity index (χ1v) is 6.14. The SMILES string of the molecule is Cc1c(C#N)cc(F)c(C(=O)OCc2ccccc2)c1F. The lowest BCUT2D eigenvalue weighted by Crippen LogP contribution is -2.12. The first-order chi connectivity index (χ1) is 10.0. The fourth-order valence-corrected chi connectivity index (χ4v) is 1.82. The molecule has 0 unspecified atom stereocenters. The number of carbonyl (C=O) groups is 1. The summed E-state index contributed by atoms with van der Waals surface area (Å²) >= 11 is 0. The van der Waals surface area contributed by atoms with Crippen LogP contribution in [0.4, 0.5) is 8.78 Å². The predicted molar refractivity (Wildman–Crippen MR) is 71.4 cm³/mol. The Bertz CT molecular complexity index is 721. The molecule has 0 aliphatic carbocycles. The van der Waals surface area contributed by atoms with E-state index >= 15 is 0 Å². The fraction of sp³-hybridized carbons (Fsp3) is 0.125. The Balaban J connectivity index is 2.24. The molecule has 2 aromatic carbocycles. The molecule has 0 aliphatic rings. The van der Waals surface area contributed by atoms with Crippen molar-refractivity contribution in [3.05, 3.63) is 70.3 Å². The summed E-state index contributed by atoms with van der Waals surface area (Å²) in [5.41, 5.74) is -0.297. The Kier molecular flexibility index (Phi) is 4.29. The number of nitriles is 1. The Hall–Kier alpha value is -2.74. The average Bonchev–Trinajstić information content (AvgIpc) is 2.50. The van der Waals surface area contributed by atoms with Gasteiger partial charge in [-0.1, -0.05) is 30.3 Å². The van der Waals surface area contributed by atoms with Crippen molar-refractivity contribution in [3.63, 3.8) is 0 Å². The van der Waals surface area contributed by atoms with E-state index in [0.29, 0.717) is 5.56 Å². The van der Waals surface area contributed by atoms with Gasteiger partial charge in [-0.25, -0.2) is 13.6 Å². The molecule has 0 spiro atoms. The summed E-state index contributed by atoms with van der Waals surface area (Å²) in [7, 11) is 0. The van der Waals surface area contributed by atoms with E-state index in [1.807, 2.05) is 0 Å². The van der Waals surface area contributed by atoms with Gasteiger partial charge in [-0.05, 0) is 18.6 Å². The molecule has 0 atom stereocenters. The maximum atomic E-state index is 14.0. The van der Waals surface area contributed by atoms with Gasteiger partial charge in [0.25, 0.3) is 0 Å². The number of esters is 1. The third-order valence-corrected chi connectivity index (χ3v) is 3.00. The number of ether oxygens (including phenoxy) is 1. The van der Waals surface area contributed by atoms with Crippen LogP contribution in [0.25, 0.3) is 0 Å². The van der Waals surface area contributed by atoms with Crippen LogP contribution in [0.1, 0.15) is 27.0 Å². The van der Waals surface area contributed by atoms with Crippen LogP contribution in [0, 0.1) is 29.9 Å². The molecule has 0 amide bonds. The summed E-state index contributed by atoms with van der Waals surface area (Å²) < 4.78 is 32.7. The van der Waals surface area contributed by atoms with E-state index < -0.39 is 23.2 Å². The summed E-state index contributed by atoms with van der Waals surface area (Å²) in [4.78, 5) is 11.8. The summed E-state index contributed by atoms with van der Waals surface area (Å²) in [6, 6.07) is 11.3. The van der Waals surface area contributed by atoms with Gasteiger partial charge in [0, 0.05) is 5.56 Å². The van der Waals surface area contributed by atoms with Gasteiger partial charge in [0.2, 0.25) is 0 Å². The number of nitrogens with zero attached hydrogens (tertiary/aromatic N) is 1. The standard InChI is InChI=1S/C16H11F2NO2/c1-10-12(8-19)7-13(17)14(15(10)18)16(20)21-9-11-5-3-2-4-6-11/h2-7H,9H2,1H3. The van der Waals surface area contributed by atoms with E-state index in [0.717, 1.165) is 6.07 Å². The second kappa shape index (κ2) is 6.14. The van der Waals surface area contributed by atoms with Gasteiger partial charge in [-0.3, -0.25) is 0 Å². The van der Waals surface area contributed by atoms with Crippen molar-refractivity contribution in [3.8, 4) is 6.07 Å².